The Bertz CT molecular complexity index is 405. The summed E-state index contributed by atoms with van der Waals surface area (Å²) in [5.74, 6) is -1.83. The van der Waals surface area contributed by atoms with Crippen LogP contribution in [0.1, 0.15) is 6.92 Å². The minimum atomic E-state index is -1.11. The molecule has 0 heterocycles. The van der Waals surface area contributed by atoms with Crippen LogP contribution in [0.15, 0.2) is 30.3 Å². The first-order chi connectivity index (χ1) is 8.52. The van der Waals surface area contributed by atoms with E-state index in [4.69, 9.17) is 9.84 Å². The number of carbonyl (C=O) groups excluding carboxylic acids is 1. The van der Waals surface area contributed by atoms with Gasteiger partial charge >= 0.3 is 5.97 Å². The number of amides is 1. The van der Waals surface area contributed by atoms with Crippen molar-refractivity contribution in [3.63, 3.8) is 0 Å². The van der Waals surface area contributed by atoms with Gasteiger partial charge in [0.05, 0.1) is 6.54 Å². The number of likely N-dealkylation sites (N-methyl/N-ethyl adjacent to an activating group) is 1. The van der Waals surface area contributed by atoms with Crippen LogP contribution in [0.3, 0.4) is 0 Å². The molecule has 0 spiro atoms. The number of benzene rings is 1. The molecule has 5 heteroatoms. The summed E-state index contributed by atoms with van der Waals surface area (Å²) in [5, 5.41) is 8.73. The summed E-state index contributed by atoms with van der Waals surface area (Å²) < 4.78 is 5.43. The molecule has 0 radical (unpaired) electrons. The van der Waals surface area contributed by atoms with Gasteiger partial charge in [-0.1, -0.05) is 18.2 Å². The minimum absolute atomic E-state index is 0.332. The molecule has 0 aliphatic rings. The van der Waals surface area contributed by atoms with Crippen LogP contribution in [0, 0.1) is 5.92 Å². The predicted molar refractivity (Wildman–Crippen MR) is 66.4 cm³/mol. The maximum atomic E-state index is 11.6. The van der Waals surface area contributed by atoms with Gasteiger partial charge in [0.15, 0.2) is 0 Å². The molecule has 0 aliphatic carbocycles. The molecule has 0 aliphatic heterocycles. The first-order valence-corrected chi connectivity index (χ1v) is 5.68. The Morgan fingerprint density at radius 2 is 1.94 bits per heavy atom. The molecule has 0 fully saturated rings. The zero-order chi connectivity index (χ0) is 13.5. The van der Waals surface area contributed by atoms with Crippen molar-refractivity contribution in [2.24, 2.45) is 5.92 Å². The largest absolute Gasteiger partial charge is 0.492 e. The van der Waals surface area contributed by atoms with E-state index >= 15 is 0 Å². The molecular weight excluding hydrogens is 234 g/mol. The molecule has 1 aromatic rings. The van der Waals surface area contributed by atoms with Crippen molar-refractivity contribution in [2.45, 2.75) is 6.92 Å². The normalized spacial score (nSPS) is 11.7. The lowest BCUT2D eigenvalue weighted by molar-refractivity contribution is -0.149. The maximum absolute atomic E-state index is 11.6. The molecule has 0 aromatic heterocycles. The fourth-order valence-corrected chi connectivity index (χ4v) is 1.36. The number of hydrogen-bond acceptors (Lipinski definition) is 3. The summed E-state index contributed by atoms with van der Waals surface area (Å²) in [5.41, 5.74) is 0. The lowest BCUT2D eigenvalue weighted by Gasteiger charge is -2.19. The first kappa shape index (κ1) is 14.0. The highest BCUT2D eigenvalue weighted by molar-refractivity contribution is 5.96. The highest BCUT2D eigenvalue weighted by Gasteiger charge is 2.23. The third-order valence-corrected chi connectivity index (χ3v) is 2.56. The molecule has 0 saturated carbocycles. The third-order valence-electron chi connectivity index (χ3n) is 2.56. The number of carboxylic acid groups (broad SMARTS) is 1. The Morgan fingerprint density at radius 1 is 1.33 bits per heavy atom. The molecule has 98 valence electrons. The Morgan fingerprint density at radius 3 is 2.50 bits per heavy atom. The predicted octanol–water partition coefficient (Wildman–Crippen LogP) is 1.24. The quantitative estimate of drug-likeness (QED) is 0.772. The van der Waals surface area contributed by atoms with Crippen LogP contribution < -0.4 is 4.74 Å². The third kappa shape index (κ3) is 4.08. The van der Waals surface area contributed by atoms with E-state index in [-0.39, 0.29) is 0 Å². The topological polar surface area (TPSA) is 66.8 Å². The van der Waals surface area contributed by atoms with Gasteiger partial charge in [-0.3, -0.25) is 9.59 Å². The van der Waals surface area contributed by atoms with Gasteiger partial charge in [-0.2, -0.15) is 0 Å². The standard InChI is InChI=1S/C13H17NO4/c1-10(13(16)17)12(15)14(2)8-9-18-11-6-4-3-5-7-11/h3-7,10H,8-9H2,1-2H3,(H,16,17). The smallest absolute Gasteiger partial charge is 0.315 e. The summed E-state index contributed by atoms with van der Waals surface area (Å²) in [6.07, 6.45) is 0. The van der Waals surface area contributed by atoms with Gasteiger partial charge in [0.2, 0.25) is 5.91 Å². The van der Waals surface area contributed by atoms with Gasteiger partial charge in [-0.15, -0.1) is 0 Å². The molecule has 1 atom stereocenters. The van der Waals surface area contributed by atoms with Crippen LogP contribution in [0.5, 0.6) is 5.75 Å². The average Bonchev–Trinajstić information content (AvgIpc) is 2.38. The second kappa shape index (κ2) is 6.64. The van der Waals surface area contributed by atoms with Gasteiger partial charge < -0.3 is 14.7 Å². The summed E-state index contributed by atoms with van der Waals surface area (Å²) in [6.45, 7) is 2.06. The van der Waals surface area contributed by atoms with E-state index in [1.54, 1.807) is 7.05 Å². The summed E-state index contributed by atoms with van der Waals surface area (Å²) in [7, 11) is 1.57. The highest BCUT2D eigenvalue weighted by Crippen LogP contribution is 2.08. The van der Waals surface area contributed by atoms with Crippen LogP contribution in [-0.2, 0) is 9.59 Å². The Kier molecular flexibility index (Phi) is 5.17. The molecule has 0 saturated heterocycles. The Balaban J connectivity index is 2.35. The molecule has 18 heavy (non-hydrogen) atoms. The van der Waals surface area contributed by atoms with E-state index in [0.717, 1.165) is 5.75 Å². The number of carboxylic acids is 1. The Labute approximate surface area is 106 Å². The molecule has 5 nitrogen and oxygen atoms in total. The van der Waals surface area contributed by atoms with Crippen molar-refractivity contribution in [3.05, 3.63) is 30.3 Å². The van der Waals surface area contributed by atoms with Crippen molar-refractivity contribution in [2.75, 3.05) is 20.2 Å². The molecule has 1 unspecified atom stereocenters. The average molecular weight is 251 g/mol. The number of carbonyl (C=O) groups is 2. The van der Waals surface area contributed by atoms with Crippen LogP contribution in [-0.4, -0.2) is 42.1 Å². The molecule has 1 rings (SSSR count). The van der Waals surface area contributed by atoms with Crippen LogP contribution in [0.4, 0.5) is 0 Å². The van der Waals surface area contributed by atoms with Crippen molar-refractivity contribution in [3.8, 4) is 5.75 Å². The number of para-hydroxylation sites is 1. The van der Waals surface area contributed by atoms with E-state index in [1.807, 2.05) is 30.3 Å². The van der Waals surface area contributed by atoms with E-state index in [2.05, 4.69) is 0 Å². The minimum Gasteiger partial charge on any atom is -0.492 e. The van der Waals surface area contributed by atoms with Crippen LogP contribution in [0.2, 0.25) is 0 Å². The first-order valence-electron chi connectivity index (χ1n) is 5.68. The van der Waals surface area contributed by atoms with Crippen LogP contribution >= 0.6 is 0 Å². The fraction of sp³-hybridized carbons (Fsp3) is 0.385. The summed E-state index contributed by atoms with van der Waals surface area (Å²) in [4.78, 5) is 23.6. The molecule has 0 bridgehead atoms. The molecule has 1 N–H and O–H groups in total. The molecule has 1 aromatic carbocycles. The van der Waals surface area contributed by atoms with Crippen LogP contribution in [0.25, 0.3) is 0 Å². The lowest BCUT2D eigenvalue weighted by atomic mass is 10.1. The van der Waals surface area contributed by atoms with Gasteiger partial charge in [-0.05, 0) is 19.1 Å². The van der Waals surface area contributed by atoms with Gasteiger partial charge in [0, 0.05) is 7.05 Å². The van der Waals surface area contributed by atoms with Gasteiger partial charge in [-0.25, -0.2) is 0 Å². The maximum Gasteiger partial charge on any atom is 0.315 e. The number of hydrogen-bond donors (Lipinski definition) is 1. The zero-order valence-corrected chi connectivity index (χ0v) is 10.5. The number of rotatable bonds is 6. The number of ether oxygens (including phenoxy) is 1. The van der Waals surface area contributed by atoms with E-state index in [1.165, 1.54) is 11.8 Å². The molecule has 1 amide bonds. The number of aliphatic carboxylic acids is 1. The van der Waals surface area contributed by atoms with Gasteiger partial charge in [0.1, 0.15) is 18.3 Å². The monoisotopic (exact) mass is 251 g/mol. The van der Waals surface area contributed by atoms with E-state index in [0.29, 0.717) is 13.2 Å². The SMILES string of the molecule is CC(C(=O)O)C(=O)N(C)CCOc1ccccc1. The van der Waals surface area contributed by atoms with Crippen molar-refractivity contribution < 1.29 is 19.4 Å². The summed E-state index contributed by atoms with van der Waals surface area (Å²) in [6, 6.07) is 9.24. The lowest BCUT2D eigenvalue weighted by Crippen LogP contribution is -2.37. The van der Waals surface area contributed by atoms with Crippen molar-refractivity contribution >= 4 is 11.9 Å². The summed E-state index contributed by atoms with van der Waals surface area (Å²) >= 11 is 0. The van der Waals surface area contributed by atoms with E-state index in [9.17, 15) is 9.59 Å². The van der Waals surface area contributed by atoms with Gasteiger partial charge in [0.25, 0.3) is 0 Å². The highest BCUT2D eigenvalue weighted by atomic mass is 16.5. The Hall–Kier alpha value is -2.04. The number of nitrogens with zero attached hydrogens (tertiary/aromatic N) is 1. The second-order valence-corrected chi connectivity index (χ2v) is 3.98. The fourth-order valence-electron chi connectivity index (χ4n) is 1.36. The molecular formula is C13H17NO4. The van der Waals surface area contributed by atoms with Crippen molar-refractivity contribution in [1.29, 1.82) is 0 Å². The second-order valence-electron chi connectivity index (χ2n) is 3.98. The van der Waals surface area contributed by atoms with Crippen molar-refractivity contribution in [1.82, 2.24) is 4.90 Å². The zero-order valence-electron chi connectivity index (χ0n) is 10.5. The van der Waals surface area contributed by atoms with E-state index < -0.39 is 17.8 Å².